The van der Waals surface area contributed by atoms with Crippen molar-refractivity contribution >= 4 is 6.09 Å². The lowest BCUT2D eigenvalue weighted by Crippen LogP contribution is -2.28. The standard InChI is InChI=1S/C14H21NO4/c1-2-3-7-14(18,8-9-19-13(15)17)11-5-4-6-12(16)10-11/h4-6,10,16,18H,2-3,7-9H2,1H3,(H2,15,17). The van der Waals surface area contributed by atoms with Crippen LogP contribution in [0.3, 0.4) is 0 Å². The molecule has 1 amide bonds. The maximum absolute atomic E-state index is 10.7. The lowest BCUT2D eigenvalue weighted by atomic mass is 9.86. The van der Waals surface area contributed by atoms with E-state index in [1.807, 2.05) is 6.92 Å². The third-order valence-electron chi connectivity index (χ3n) is 3.09. The first-order valence-corrected chi connectivity index (χ1v) is 6.42. The molecule has 0 aromatic heterocycles. The van der Waals surface area contributed by atoms with Crippen LogP contribution in [0.5, 0.6) is 5.75 Å². The van der Waals surface area contributed by atoms with E-state index in [1.165, 1.54) is 6.07 Å². The fraction of sp³-hybridized carbons (Fsp3) is 0.500. The Balaban J connectivity index is 2.82. The second-order valence-corrected chi connectivity index (χ2v) is 4.60. The molecular weight excluding hydrogens is 246 g/mol. The quantitative estimate of drug-likeness (QED) is 0.706. The van der Waals surface area contributed by atoms with Crippen LogP contribution in [0.2, 0.25) is 0 Å². The number of ether oxygens (including phenoxy) is 1. The van der Waals surface area contributed by atoms with Crippen LogP contribution in [0.1, 0.15) is 38.2 Å². The maximum Gasteiger partial charge on any atom is 0.404 e. The minimum absolute atomic E-state index is 0.0468. The molecule has 0 aliphatic heterocycles. The number of hydrogen-bond acceptors (Lipinski definition) is 4. The topological polar surface area (TPSA) is 92.8 Å². The Morgan fingerprint density at radius 3 is 2.74 bits per heavy atom. The van der Waals surface area contributed by atoms with Gasteiger partial charge in [-0.25, -0.2) is 4.79 Å². The molecule has 1 atom stereocenters. The Kier molecular flexibility index (Phi) is 5.63. The van der Waals surface area contributed by atoms with E-state index in [4.69, 9.17) is 5.73 Å². The highest BCUT2D eigenvalue weighted by Gasteiger charge is 2.29. The summed E-state index contributed by atoms with van der Waals surface area (Å²) in [5, 5.41) is 20.2. The van der Waals surface area contributed by atoms with E-state index in [9.17, 15) is 15.0 Å². The molecule has 0 fully saturated rings. The number of aliphatic hydroxyl groups is 1. The largest absolute Gasteiger partial charge is 0.508 e. The number of hydrogen-bond donors (Lipinski definition) is 3. The van der Waals surface area contributed by atoms with Crippen LogP contribution in [0, 0.1) is 0 Å². The molecule has 1 unspecified atom stereocenters. The van der Waals surface area contributed by atoms with Gasteiger partial charge in [0.25, 0.3) is 0 Å². The fourth-order valence-electron chi connectivity index (χ4n) is 2.00. The number of aromatic hydroxyl groups is 1. The van der Waals surface area contributed by atoms with Crippen LogP contribution in [0.4, 0.5) is 4.79 Å². The lowest BCUT2D eigenvalue weighted by Gasteiger charge is -2.28. The summed E-state index contributed by atoms with van der Waals surface area (Å²) in [5.74, 6) is 0.100. The lowest BCUT2D eigenvalue weighted by molar-refractivity contribution is -0.000999. The summed E-state index contributed by atoms with van der Waals surface area (Å²) < 4.78 is 4.69. The van der Waals surface area contributed by atoms with Crippen LogP contribution in [0.15, 0.2) is 24.3 Å². The molecule has 4 N–H and O–H groups in total. The molecule has 0 aliphatic rings. The van der Waals surface area contributed by atoms with E-state index in [0.29, 0.717) is 12.0 Å². The van der Waals surface area contributed by atoms with Gasteiger partial charge in [-0.1, -0.05) is 31.9 Å². The van der Waals surface area contributed by atoms with Crippen LogP contribution < -0.4 is 5.73 Å². The Labute approximate surface area is 113 Å². The Morgan fingerprint density at radius 1 is 1.42 bits per heavy atom. The van der Waals surface area contributed by atoms with Crippen molar-refractivity contribution in [3.63, 3.8) is 0 Å². The van der Waals surface area contributed by atoms with Crippen LogP contribution >= 0.6 is 0 Å². The number of carbonyl (C=O) groups excluding carboxylic acids is 1. The SMILES string of the molecule is CCCCC(O)(CCOC(N)=O)c1cccc(O)c1. The highest BCUT2D eigenvalue weighted by molar-refractivity contribution is 5.64. The second-order valence-electron chi connectivity index (χ2n) is 4.60. The van der Waals surface area contributed by atoms with Gasteiger partial charge in [0.2, 0.25) is 0 Å². The Bertz CT molecular complexity index is 422. The summed E-state index contributed by atoms with van der Waals surface area (Å²) >= 11 is 0. The zero-order valence-electron chi connectivity index (χ0n) is 11.1. The molecule has 5 nitrogen and oxygen atoms in total. The first-order valence-electron chi connectivity index (χ1n) is 6.42. The molecule has 19 heavy (non-hydrogen) atoms. The minimum atomic E-state index is -1.12. The average molecular weight is 267 g/mol. The third-order valence-corrected chi connectivity index (χ3v) is 3.09. The second kappa shape index (κ2) is 6.99. The van der Waals surface area contributed by atoms with Crippen molar-refractivity contribution in [2.75, 3.05) is 6.61 Å². The van der Waals surface area contributed by atoms with Gasteiger partial charge in [-0.05, 0) is 24.1 Å². The Hall–Kier alpha value is -1.75. The first-order chi connectivity index (χ1) is 8.98. The van der Waals surface area contributed by atoms with Gasteiger partial charge in [-0.15, -0.1) is 0 Å². The van der Waals surface area contributed by atoms with Crippen LogP contribution in [0.25, 0.3) is 0 Å². The predicted octanol–water partition coefficient (Wildman–Crippen LogP) is 2.26. The number of phenols is 1. The highest BCUT2D eigenvalue weighted by Crippen LogP contribution is 2.32. The summed E-state index contributed by atoms with van der Waals surface area (Å²) in [6.45, 7) is 2.08. The van der Waals surface area contributed by atoms with Gasteiger partial charge in [0.1, 0.15) is 5.75 Å². The van der Waals surface area contributed by atoms with Crippen molar-refractivity contribution in [2.24, 2.45) is 5.73 Å². The van der Waals surface area contributed by atoms with Crippen LogP contribution in [-0.4, -0.2) is 22.9 Å². The van der Waals surface area contributed by atoms with Gasteiger partial charge >= 0.3 is 6.09 Å². The molecule has 5 heteroatoms. The van der Waals surface area contributed by atoms with Crippen molar-refractivity contribution in [2.45, 2.75) is 38.2 Å². The molecule has 0 aliphatic carbocycles. The first kappa shape index (κ1) is 15.3. The number of nitrogens with two attached hydrogens (primary N) is 1. The molecule has 1 aromatic rings. The predicted molar refractivity (Wildman–Crippen MR) is 71.7 cm³/mol. The summed E-state index contributed by atoms with van der Waals surface area (Å²) in [4.78, 5) is 10.6. The van der Waals surface area contributed by atoms with Gasteiger partial charge < -0.3 is 20.7 Å². The van der Waals surface area contributed by atoms with Crippen molar-refractivity contribution in [3.8, 4) is 5.75 Å². The molecule has 106 valence electrons. The normalized spacial score (nSPS) is 13.8. The van der Waals surface area contributed by atoms with Crippen molar-refractivity contribution in [3.05, 3.63) is 29.8 Å². The Morgan fingerprint density at radius 2 is 2.16 bits per heavy atom. The highest BCUT2D eigenvalue weighted by atomic mass is 16.5. The molecule has 0 spiro atoms. The minimum Gasteiger partial charge on any atom is -0.508 e. The smallest absolute Gasteiger partial charge is 0.404 e. The van der Waals surface area contributed by atoms with Gasteiger partial charge in [-0.3, -0.25) is 0 Å². The van der Waals surface area contributed by atoms with E-state index >= 15 is 0 Å². The maximum atomic E-state index is 10.7. The number of phenolic OH excluding ortho intramolecular Hbond substituents is 1. The fourth-order valence-corrected chi connectivity index (χ4v) is 2.00. The summed E-state index contributed by atoms with van der Waals surface area (Å²) in [7, 11) is 0. The molecular formula is C14H21NO4. The zero-order valence-corrected chi connectivity index (χ0v) is 11.1. The number of amides is 1. The molecule has 0 saturated carbocycles. The number of benzene rings is 1. The third kappa shape index (κ3) is 4.79. The van der Waals surface area contributed by atoms with E-state index in [2.05, 4.69) is 4.74 Å². The van der Waals surface area contributed by atoms with E-state index in [1.54, 1.807) is 18.2 Å². The molecule has 1 aromatic carbocycles. The molecule has 0 radical (unpaired) electrons. The summed E-state index contributed by atoms with van der Waals surface area (Å²) in [5.41, 5.74) is 4.40. The summed E-state index contributed by atoms with van der Waals surface area (Å²) in [6, 6.07) is 6.50. The number of unbranched alkanes of at least 4 members (excludes halogenated alkanes) is 1. The number of carbonyl (C=O) groups is 1. The van der Waals surface area contributed by atoms with Crippen molar-refractivity contribution in [1.29, 1.82) is 0 Å². The monoisotopic (exact) mass is 267 g/mol. The molecule has 0 bridgehead atoms. The van der Waals surface area contributed by atoms with Crippen LogP contribution in [-0.2, 0) is 10.3 Å². The number of primary amides is 1. The van der Waals surface area contributed by atoms with Gasteiger partial charge in [0, 0.05) is 6.42 Å². The number of rotatable bonds is 7. The van der Waals surface area contributed by atoms with Gasteiger partial charge in [0.05, 0.1) is 12.2 Å². The van der Waals surface area contributed by atoms with Crippen molar-refractivity contribution in [1.82, 2.24) is 0 Å². The molecule has 0 heterocycles. The average Bonchev–Trinajstić information content (AvgIpc) is 2.36. The van der Waals surface area contributed by atoms with Gasteiger partial charge in [-0.2, -0.15) is 0 Å². The molecule has 1 rings (SSSR count). The zero-order chi connectivity index (χ0) is 14.3. The molecule has 0 saturated heterocycles. The van der Waals surface area contributed by atoms with Crippen molar-refractivity contribution < 1.29 is 19.7 Å². The summed E-state index contributed by atoms with van der Waals surface area (Å²) in [6.07, 6.45) is 1.71. The van der Waals surface area contributed by atoms with E-state index in [0.717, 1.165) is 12.8 Å². The van der Waals surface area contributed by atoms with Gasteiger partial charge in [0.15, 0.2) is 0 Å². The van der Waals surface area contributed by atoms with E-state index in [-0.39, 0.29) is 18.8 Å². The van der Waals surface area contributed by atoms with E-state index < -0.39 is 11.7 Å².